The molecule has 1 aliphatic carbocycles. The van der Waals surface area contributed by atoms with Crippen LogP contribution in [-0.4, -0.2) is 27.0 Å². The first-order valence-electron chi connectivity index (χ1n) is 4.64. The van der Waals surface area contributed by atoms with Crippen molar-refractivity contribution in [3.05, 3.63) is 18.0 Å². The number of amides is 1. The zero-order chi connectivity index (χ0) is 10.0. The normalized spacial score (nSPS) is 18.6. The predicted octanol–water partition coefficient (Wildman–Crippen LogP) is 1.46. The highest BCUT2D eigenvalue weighted by Crippen LogP contribution is 2.33. The molecule has 0 bridgehead atoms. The predicted molar refractivity (Wildman–Crippen MR) is 56.4 cm³/mol. The smallest absolute Gasteiger partial charge is 0.269 e. The van der Waals surface area contributed by atoms with Gasteiger partial charge in [0.05, 0.1) is 5.54 Å². The summed E-state index contributed by atoms with van der Waals surface area (Å²) in [6.45, 7) is 0. The van der Waals surface area contributed by atoms with Crippen molar-refractivity contribution in [2.75, 3.05) is 5.33 Å². The van der Waals surface area contributed by atoms with E-state index in [1.54, 1.807) is 12.3 Å². The molecule has 4 nitrogen and oxygen atoms in total. The van der Waals surface area contributed by atoms with Crippen LogP contribution in [0.2, 0.25) is 0 Å². The number of aromatic amines is 1. The van der Waals surface area contributed by atoms with Crippen molar-refractivity contribution in [1.29, 1.82) is 0 Å². The Balaban J connectivity index is 2.01. The van der Waals surface area contributed by atoms with Crippen LogP contribution in [0.25, 0.3) is 0 Å². The number of H-pyrrole nitrogens is 1. The Bertz CT molecular complexity index is 313. The zero-order valence-corrected chi connectivity index (χ0v) is 9.30. The van der Waals surface area contributed by atoms with Gasteiger partial charge in [0.25, 0.3) is 5.91 Å². The fourth-order valence-corrected chi connectivity index (χ4v) is 2.29. The molecule has 0 radical (unpaired) electrons. The summed E-state index contributed by atoms with van der Waals surface area (Å²) < 4.78 is 0. The Morgan fingerprint density at radius 2 is 2.50 bits per heavy atom. The molecular weight excluding hydrogens is 246 g/mol. The van der Waals surface area contributed by atoms with Gasteiger partial charge in [0.2, 0.25) is 0 Å². The van der Waals surface area contributed by atoms with Gasteiger partial charge in [-0.25, -0.2) is 0 Å². The molecule has 2 N–H and O–H groups in total. The van der Waals surface area contributed by atoms with Crippen molar-refractivity contribution >= 4 is 21.8 Å². The number of hydrogen-bond donors (Lipinski definition) is 2. The number of carbonyl (C=O) groups excluding carboxylic acids is 1. The second-order valence-corrected chi connectivity index (χ2v) is 4.25. The summed E-state index contributed by atoms with van der Waals surface area (Å²) in [5, 5.41) is 10.2. The number of rotatable bonds is 3. The Morgan fingerprint density at radius 1 is 1.71 bits per heavy atom. The maximum absolute atomic E-state index is 11.7. The fraction of sp³-hybridized carbons (Fsp3) is 0.556. The summed E-state index contributed by atoms with van der Waals surface area (Å²) in [5.74, 6) is -0.0679. The molecule has 0 unspecified atom stereocenters. The Kier molecular flexibility index (Phi) is 2.58. The number of hydrogen-bond acceptors (Lipinski definition) is 2. The third-order valence-corrected chi connectivity index (χ3v) is 3.76. The molecule has 1 aromatic heterocycles. The number of nitrogens with one attached hydrogen (secondary N) is 2. The third-order valence-electron chi connectivity index (χ3n) is 2.69. The lowest BCUT2D eigenvalue weighted by atomic mass is 9.78. The maximum Gasteiger partial charge on any atom is 0.269 e. The highest BCUT2D eigenvalue weighted by molar-refractivity contribution is 9.09. The van der Waals surface area contributed by atoms with Crippen molar-refractivity contribution in [3.8, 4) is 0 Å². The summed E-state index contributed by atoms with van der Waals surface area (Å²) in [4.78, 5) is 11.7. The molecule has 0 aliphatic heterocycles. The molecule has 1 aromatic rings. The summed E-state index contributed by atoms with van der Waals surface area (Å²) in [6, 6.07) is 1.68. The van der Waals surface area contributed by atoms with Crippen LogP contribution in [0, 0.1) is 0 Å². The van der Waals surface area contributed by atoms with Crippen LogP contribution < -0.4 is 5.32 Å². The van der Waals surface area contributed by atoms with Gasteiger partial charge >= 0.3 is 0 Å². The van der Waals surface area contributed by atoms with E-state index < -0.39 is 0 Å². The first-order valence-corrected chi connectivity index (χ1v) is 5.76. The summed E-state index contributed by atoms with van der Waals surface area (Å²) in [5.41, 5.74) is 0.500. The van der Waals surface area contributed by atoms with E-state index in [2.05, 4.69) is 31.4 Å². The summed E-state index contributed by atoms with van der Waals surface area (Å²) in [6.07, 6.45) is 4.88. The summed E-state index contributed by atoms with van der Waals surface area (Å²) in [7, 11) is 0. The van der Waals surface area contributed by atoms with E-state index in [9.17, 15) is 4.79 Å². The Labute approximate surface area is 90.6 Å². The molecule has 0 aromatic carbocycles. The van der Waals surface area contributed by atoms with E-state index >= 15 is 0 Å². The molecule has 2 rings (SSSR count). The molecule has 0 atom stereocenters. The Hall–Kier alpha value is -0.840. The molecule has 1 fully saturated rings. The second-order valence-electron chi connectivity index (χ2n) is 3.69. The van der Waals surface area contributed by atoms with Crippen LogP contribution in [0.15, 0.2) is 12.3 Å². The van der Waals surface area contributed by atoms with Gasteiger partial charge in [-0.15, -0.1) is 0 Å². The highest BCUT2D eigenvalue weighted by Gasteiger charge is 2.37. The van der Waals surface area contributed by atoms with Gasteiger partial charge in [0.15, 0.2) is 0 Å². The van der Waals surface area contributed by atoms with Crippen molar-refractivity contribution in [2.45, 2.75) is 24.8 Å². The van der Waals surface area contributed by atoms with E-state index in [-0.39, 0.29) is 11.4 Å². The van der Waals surface area contributed by atoms with Crippen molar-refractivity contribution in [1.82, 2.24) is 15.5 Å². The topological polar surface area (TPSA) is 57.8 Å². The van der Waals surface area contributed by atoms with Crippen molar-refractivity contribution < 1.29 is 4.79 Å². The van der Waals surface area contributed by atoms with Gasteiger partial charge in [-0.05, 0) is 25.3 Å². The standard InChI is InChI=1S/C9H12BrN3O/c10-6-9(3-1-4-9)12-8(14)7-2-5-11-13-7/h2,5H,1,3-4,6H2,(H,11,13)(H,12,14). The molecule has 5 heteroatoms. The lowest BCUT2D eigenvalue weighted by molar-refractivity contribution is 0.0851. The largest absolute Gasteiger partial charge is 0.344 e. The molecule has 76 valence electrons. The minimum Gasteiger partial charge on any atom is -0.344 e. The molecular formula is C9H12BrN3O. The van der Waals surface area contributed by atoms with E-state index in [0.717, 1.165) is 18.2 Å². The molecule has 0 saturated heterocycles. The minimum atomic E-state index is -0.0679. The Morgan fingerprint density at radius 3 is 2.93 bits per heavy atom. The molecule has 14 heavy (non-hydrogen) atoms. The fourth-order valence-electron chi connectivity index (χ4n) is 1.59. The van der Waals surface area contributed by atoms with E-state index in [0.29, 0.717) is 5.69 Å². The van der Waals surface area contributed by atoms with Crippen LogP contribution in [0.5, 0.6) is 0 Å². The van der Waals surface area contributed by atoms with Crippen molar-refractivity contribution in [2.24, 2.45) is 0 Å². The lowest BCUT2D eigenvalue weighted by Crippen LogP contribution is -2.54. The lowest BCUT2D eigenvalue weighted by Gasteiger charge is -2.41. The van der Waals surface area contributed by atoms with E-state index in [1.807, 2.05) is 0 Å². The van der Waals surface area contributed by atoms with Crippen LogP contribution >= 0.6 is 15.9 Å². The monoisotopic (exact) mass is 257 g/mol. The molecule has 1 saturated carbocycles. The number of nitrogens with zero attached hydrogens (tertiary/aromatic N) is 1. The first-order chi connectivity index (χ1) is 6.76. The maximum atomic E-state index is 11.7. The number of alkyl halides is 1. The van der Waals surface area contributed by atoms with Gasteiger partial charge < -0.3 is 5.32 Å². The van der Waals surface area contributed by atoms with E-state index in [1.165, 1.54) is 6.42 Å². The quantitative estimate of drug-likeness (QED) is 0.806. The van der Waals surface area contributed by atoms with Gasteiger partial charge in [-0.3, -0.25) is 9.89 Å². The molecule has 0 spiro atoms. The second kappa shape index (κ2) is 3.73. The molecule has 1 heterocycles. The minimum absolute atomic E-state index is 0.0256. The van der Waals surface area contributed by atoms with Gasteiger partial charge in [-0.2, -0.15) is 5.10 Å². The highest BCUT2D eigenvalue weighted by atomic mass is 79.9. The average molecular weight is 258 g/mol. The van der Waals surface area contributed by atoms with Crippen molar-refractivity contribution in [3.63, 3.8) is 0 Å². The third kappa shape index (κ3) is 1.68. The van der Waals surface area contributed by atoms with Crippen LogP contribution in [0.4, 0.5) is 0 Å². The molecule has 1 amide bonds. The number of aromatic nitrogens is 2. The van der Waals surface area contributed by atoms with Crippen LogP contribution in [-0.2, 0) is 0 Å². The first kappa shape index (κ1) is 9.71. The zero-order valence-electron chi connectivity index (χ0n) is 7.72. The van der Waals surface area contributed by atoms with Crippen LogP contribution in [0.3, 0.4) is 0 Å². The van der Waals surface area contributed by atoms with E-state index in [4.69, 9.17) is 0 Å². The van der Waals surface area contributed by atoms with Gasteiger partial charge in [0.1, 0.15) is 5.69 Å². The number of halogens is 1. The average Bonchev–Trinajstić information content (AvgIpc) is 2.63. The van der Waals surface area contributed by atoms with Gasteiger partial charge in [-0.1, -0.05) is 15.9 Å². The SMILES string of the molecule is O=C(NC1(CBr)CCC1)c1ccn[nH]1. The summed E-state index contributed by atoms with van der Waals surface area (Å²) >= 11 is 3.43. The number of carbonyl (C=O) groups is 1. The van der Waals surface area contributed by atoms with Gasteiger partial charge in [0, 0.05) is 11.5 Å². The van der Waals surface area contributed by atoms with Crippen LogP contribution in [0.1, 0.15) is 29.8 Å². The molecule has 1 aliphatic rings.